The number of unbranched alkanes of at least 4 members (excludes halogenated alkanes) is 17. The molecule has 2 unspecified atom stereocenters. The Bertz CT molecular complexity index is 734. The fourth-order valence-corrected chi connectivity index (χ4v) is 5.31. The van der Waals surface area contributed by atoms with Crippen molar-refractivity contribution in [3.63, 3.8) is 0 Å². The Morgan fingerprint density at radius 1 is 0.698 bits per heavy atom. The van der Waals surface area contributed by atoms with Gasteiger partial charge >= 0.3 is 13.8 Å². The van der Waals surface area contributed by atoms with E-state index in [1.54, 1.807) is 0 Å². The van der Waals surface area contributed by atoms with Gasteiger partial charge < -0.3 is 20.1 Å². The number of carbonyl (C=O) groups is 2. The van der Waals surface area contributed by atoms with Crippen molar-refractivity contribution in [3.05, 3.63) is 12.2 Å². The number of ether oxygens (including phenoxy) is 1. The second kappa shape index (κ2) is 30.8. The summed E-state index contributed by atoms with van der Waals surface area (Å²) in [6.45, 7) is 3.36. The zero-order chi connectivity index (χ0) is 31.9. The van der Waals surface area contributed by atoms with Crippen LogP contribution in [0.2, 0.25) is 0 Å². The minimum atomic E-state index is -4.38. The number of hydrogen-bond donors (Lipinski definition) is 3. The van der Waals surface area contributed by atoms with Crippen LogP contribution in [0.1, 0.15) is 155 Å². The van der Waals surface area contributed by atoms with Crippen LogP contribution in [0.15, 0.2) is 12.2 Å². The normalized spacial score (nSPS) is 13.7. The molecule has 0 heterocycles. The molecule has 10 heteroatoms. The van der Waals surface area contributed by atoms with Crippen molar-refractivity contribution in [1.29, 1.82) is 0 Å². The molecule has 0 spiro atoms. The highest BCUT2D eigenvalue weighted by atomic mass is 31.2. The third-order valence-corrected chi connectivity index (χ3v) is 8.18. The molecule has 0 aromatic rings. The highest BCUT2D eigenvalue weighted by Gasteiger charge is 2.23. The van der Waals surface area contributed by atoms with Crippen molar-refractivity contribution < 1.29 is 37.9 Å². The molecule has 0 bridgehead atoms. The van der Waals surface area contributed by atoms with Crippen molar-refractivity contribution in [2.45, 2.75) is 161 Å². The Morgan fingerprint density at radius 3 is 1.77 bits per heavy atom. The monoisotopic (exact) mass is 633 g/mol. The topological polar surface area (TPSA) is 131 Å². The second-order valence-electron chi connectivity index (χ2n) is 11.5. The summed E-state index contributed by atoms with van der Waals surface area (Å²) in [5, 5.41) is 12.5. The quantitative estimate of drug-likeness (QED) is 0.0292. The molecule has 0 aliphatic heterocycles. The molecular formula is C33H64NO8P. The molecule has 0 radical (unpaired) electrons. The number of hydrogen-bond acceptors (Lipinski definition) is 7. The van der Waals surface area contributed by atoms with Crippen LogP contribution in [0.5, 0.6) is 0 Å². The summed E-state index contributed by atoms with van der Waals surface area (Å²) >= 11 is 0. The van der Waals surface area contributed by atoms with Gasteiger partial charge in [-0.05, 0) is 38.5 Å². The fraction of sp³-hybridized carbons (Fsp3) is 0.879. The number of amides is 1. The first-order chi connectivity index (χ1) is 20.8. The van der Waals surface area contributed by atoms with Crippen molar-refractivity contribution in [1.82, 2.24) is 5.32 Å². The van der Waals surface area contributed by atoms with Crippen LogP contribution in [0, 0.1) is 0 Å². The van der Waals surface area contributed by atoms with E-state index in [2.05, 4.69) is 24.4 Å². The Kier molecular flexibility index (Phi) is 29.9. The fourth-order valence-electron chi connectivity index (χ4n) is 4.55. The van der Waals surface area contributed by atoms with Gasteiger partial charge in [-0.15, -0.1) is 0 Å². The Balaban J connectivity index is 3.55. The summed E-state index contributed by atoms with van der Waals surface area (Å²) in [5.74, 6) is -0.542. The van der Waals surface area contributed by atoms with Gasteiger partial charge in [0, 0.05) is 19.4 Å². The Morgan fingerprint density at radius 2 is 1.19 bits per heavy atom. The van der Waals surface area contributed by atoms with Crippen molar-refractivity contribution >= 4 is 19.7 Å². The van der Waals surface area contributed by atoms with Crippen molar-refractivity contribution in [2.24, 2.45) is 0 Å². The molecule has 0 aromatic heterocycles. The zero-order valence-electron chi connectivity index (χ0n) is 27.4. The number of esters is 1. The van der Waals surface area contributed by atoms with Crippen molar-refractivity contribution in [3.8, 4) is 0 Å². The predicted octanol–water partition coefficient (Wildman–Crippen LogP) is 8.32. The van der Waals surface area contributed by atoms with Gasteiger partial charge in [0.25, 0.3) is 0 Å². The minimum Gasteiger partial charge on any atom is -0.463 e. The molecule has 0 saturated heterocycles. The largest absolute Gasteiger partial charge is 0.472 e. The molecule has 43 heavy (non-hydrogen) atoms. The molecule has 9 nitrogen and oxygen atoms in total. The van der Waals surface area contributed by atoms with Crippen LogP contribution < -0.4 is 5.32 Å². The third kappa shape index (κ3) is 32.0. The molecule has 3 N–H and O–H groups in total. The lowest BCUT2D eigenvalue weighted by Gasteiger charge is -2.15. The van der Waals surface area contributed by atoms with Gasteiger partial charge in [-0.2, -0.15) is 0 Å². The van der Waals surface area contributed by atoms with Crippen LogP contribution in [-0.2, 0) is 27.9 Å². The van der Waals surface area contributed by atoms with Gasteiger partial charge in [-0.3, -0.25) is 18.6 Å². The SMILES string of the molecule is CCCCCCCC/C=C/CCCCCCCCCCCC(=O)OCC(O)COP(=O)(O)OCCNC(=O)CCCCC. The number of carbonyl (C=O) groups excluding carboxylic acids is 2. The van der Waals surface area contributed by atoms with Crippen molar-refractivity contribution in [2.75, 3.05) is 26.4 Å². The van der Waals surface area contributed by atoms with E-state index in [0.29, 0.717) is 6.42 Å². The minimum absolute atomic E-state index is 0.0799. The molecule has 0 saturated carbocycles. The van der Waals surface area contributed by atoms with Gasteiger partial charge in [-0.1, -0.05) is 116 Å². The van der Waals surface area contributed by atoms with Gasteiger partial charge in [0.05, 0.1) is 13.2 Å². The van der Waals surface area contributed by atoms with Crippen LogP contribution in [0.25, 0.3) is 0 Å². The van der Waals surface area contributed by atoms with Crippen LogP contribution >= 0.6 is 7.82 Å². The molecule has 0 aliphatic carbocycles. The average molecular weight is 634 g/mol. The number of phosphoric ester groups is 1. The third-order valence-electron chi connectivity index (χ3n) is 7.20. The Labute approximate surface area is 262 Å². The van der Waals surface area contributed by atoms with E-state index in [4.69, 9.17) is 13.8 Å². The van der Waals surface area contributed by atoms with Crippen LogP contribution in [0.3, 0.4) is 0 Å². The second-order valence-corrected chi connectivity index (χ2v) is 12.9. The lowest BCUT2D eigenvalue weighted by molar-refractivity contribution is -0.147. The average Bonchev–Trinajstić information content (AvgIpc) is 2.98. The standard InChI is InChI=1S/C33H64NO8P/c1-3-5-7-8-9-10-11-12-13-14-15-16-17-18-19-20-21-22-24-26-33(37)40-29-31(35)30-42-43(38,39)41-28-27-34-32(36)25-23-6-4-2/h12-13,31,35H,3-11,14-30H2,1-2H3,(H,34,36)(H,38,39)/b13-12+. The van der Waals surface area contributed by atoms with E-state index in [1.165, 1.54) is 89.9 Å². The number of allylic oxidation sites excluding steroid dienone is 2. The van der Waals surface area contributed by atoms with Gasteiger partial charge in [0.15, 0.2) is 0 Å². The van der Waals surface area contributed by atoms with E-state index >= 15 is 0 Å². The van der Waals surface area contributed by atoms with E-state index in [0.717, 1.165) is 38.5 Å². The number of rotatable bonds is 32. The number of nitrogens with one attached hydrogen (secondary N) is 1. The molecule has 1 amide bonds. The van der Waals surface area contributed by atoms with E-state index in [1.807, 2.05) is 6.92 Å². The maximum atomic E-state index is 11.9. The van der Waals surface area contributed by atoms with Crippen LogP contribution in [-0.4, -0.2) is 54.3 Å². The van der Waals surface area contributed by atoms with Gasteiger partial charge in [0.1, 0.15) is 12.7 Å². The molecule has 0 aromatic carbocycles. The first-order valence-electron chi connectivity index (χ1n) is 17.2. The lowest BCUT2D eigenvalue weighted by atomic mass is 10.1. The molecule has 2 atom stereocenters. The van der Waals surface area contributed by atoms with Crippen LogP contribution in [0.4, 0.5) is 0 Å². The molecule has 254 valence electrons. The highest BCUT2D eigenvalue weighted by Crippen LogP contribution is 2.42. The first-order valence-corrected chi connectivity index (χ1v) is 18.7. The first kappa shape index (κ1) is 41.8. The van der Waals surface area contributed by atoms with E-state index in [9.17, 15) is 24.2 Å². The highest BCUT2D eigenvalue weighted by molar-refractivity contribution is 7.47. The predicted molar refractivity (Wildman–Crippen MR) is 174 cm³/mol. The summed E-state index contributed by atoms with van der Waals surface area (Å²) in [7, 11) is -4.38. The number of phosphoric acid groups is 1. The number of aliphatic hydroxyl groups is 1. The lowest BCUT2D eigenvalue weighted by Crippen LogP contribution is -2.27. The summed E-state index contributed by atoms with van der Waals surface area (Å²) in [4.78, 5) is 33.2. The maximum absolute atomic E-state index is 11.9. The molecule has 0 aliphatic rings. The summed E-state index contributed by atoms with van der Waals surface area (Å²) in [6.07, 6.45) is 27.9. The Hall–Kier alpha value is -1.25. The summed E-state index contributed by atoms with van der Waals surface area (Å²) in [6, 6.07) is 0. The zero-order valence-corrected chi connectivity index (χ0v) is 28.3. The molecule has 0 fully saturated rings. The summed E-state index contributed by atoms with van der Waals surface area (Å²) in [5.41, 5.74) is 0. The van der Waals surface area contributed by atoms with E-state index in [-0.39, 0.29) is 32.1 Å². The molecular weight excluding hydrogens is 569 g/mol. The van der Waals surface area contributed by atoms with Gasteiger partial charge in [0.2, 0.25) is 5.91 Å². The maximum Gasteiger partial charge on any atom is 0.472 e. The van der Waals surface area contributed by atoms with Gasteiger partial charge in [-0.25, -0.2) is 4.57 Å². The smallest absolute Gasteiger partial charge is 0.463 e. The molecule has 0 rings (SSSR count). The van der Waals surface area contributed by atoms with E-state index < -0.39 is 26.5 Å². The number of aliphatic hydroxyl groups excluding tert-OH is 1. The summed E-state index contributed by atoms with van der Waals surface area (Å²) < 4.78 is 26.5.